The van der Waals surface area contributed by atoms with Crippen molar-refractivity contribution in [1.82, 2.24) is 20.4 Å². The number of hydrogen-bond donors (Lipinski definition) is 2. The minimum absolute atomic E-state index is 0.207. The predicted molar refractivity (Wildman–Crippen MR) is 111 cm³/mol. The average molecular weight is 418 g/mol. The van der Waals surface area contributed by atoms with Crippen LogP contribution in [0.15, 0.2) is 46.1 Å². The third-order valence-corrected chi connectivity index (χ3v) is 5.57. The number of hydrogen-bond acceptors (Lipinski definition) is 2. The highest BCUT2D eigenvalue weighted by atomic mass is 79.9. The molecule has 0 spiro atoms. The first-order chi connectivity index (χ1) is 12.6. The van der Waals surface area contributed by atoms with E-state index in [1.165, 1.54) is 28.4 Å². The highest BCUT2D eigenvalue weighted by molar-refractivity contribution is 9.10. The fourth-order valence-electron chi connectivity index (χ4n) is 3.23. The minimum atomic E-state index is 0.207. The molecule has 140 valence electrons. The van der Waals surface area contributed by atoms with Crippen molar-refractivity contribution >= 4 is 21.9 Å². The summed E-state index contributed by atoms with van der Waals surface area (Å²) < 4.78 is 3.05. The van der Waals surface area contributed by atoms with Crippen molar-refractivity contribution in [3.05, 3.63) is 52.3 Å². The van der Waals surface area contributed by atoms with E-state index in [0.29, 0.717) is 0 Å². The molecule has 1 aromatic heterocycles. The van der Waals surface area contributed by atoms with E-state index in [-0.39, 0.29) is 5.41 Å². The van der Waals surface area contributed by atoms with Crippen molar-refractivity contribution in [3.63, 3.8) is 0 Å². The molecule has 1 aliphatic rings. The molecule has 5 nitrogen and oxygen atoms in total. The van der Waals surface area contributed by atoms with E-state index in [0.717, 1.165) is 38.4 Å². The van der Waals surface area contributed by atoms with Gasteiger partial charge < -0.3 is 10.6 Å². The van der Waals surface area contributed by atoms with Gasteiger partial charge in [-0.05, 0) is 49.8 Å². The molecular weight excluding hydrogens is 390 g/mol. The zero-order valence-electron chi connectivity index (χ0n) is 15.6. The Balaban J connectivity index is 1.53. The molecule has 2 aromatic rings. The maximum Gasteiger partial charge on any atom is 0.191 e. The van der Waals surface area contributed by atoms with Crippen LogP contribution in [0.3, 0.4) is 0 Å². The zero-order valence-corrected chi connectivity index (χ0v) is 17.2. The summed E-state index contributed by atoms with van der Waals surface area (Å²) in [4.78, 5) is 4.87. The molecule has 1 aromatic carbocycles. The topological polar surface area (TPSA) is 54.2 Å². The molecule has 1 heterocycles. The molecule has 6 heteroatoms. The third kappa shape index (κ3) is 4.87. The minimum Gasteiger partial charge on any atom is -0.357 e. The van der Waals surface area contributed by atoms with Crippen LogP contribution < -0.4 is 10.6 Å². The quantitative estimate of drug-likeness (QED) is 0.393. The first-order valence-corrected chi connectivity index (χ1v) is 10.2. The zero-order chi connectivity index (χ0) is 18.4. The number of halogens is 1. The largest absolute Gasteiger partial charge is 0.357 e. The lowest BCUT2D eigenvalue weighted by atomic mass is 9.96. The summed E-state index contributed by atoms with van der Waals surface area (Å²) in [6.07, 6.45) is 8.52. The van der Waals surface area contributed by atoms with Gasteiger partial charge in [0.05, 0.1) is 12.7 Å². The van der Waals surface area contributed by atoms with E-state index in [4.69, 9.17) is 4.99 Å². The lowest BCUT2D eigenvalue weighted by Crippen LogP contribution is -2.38. The Morgan fingerprint density at radius 3 is 2.77 bits per heavy atom. The Hall–Kier alpha value is -1.82. The molecule has 2 N–H and O–H groups in total. The molecule has 0 atom stereocenters. The van der Waals surface area contributed by atoms with Crippen molar-refractivity contribution in [2.75, 3.05) is 19.6 Å². The van der Waals surface area contributed by atoms with Gasteiger partial charge in [0.2, 0.25) is 0 Å². The monoisotopic (exact) mass is 417 g/mol. The molecule has 0 aliphatic heterocycles. The highest BCUT2D eigenvalue weighted by Crippen LogP contribution is 2.50. The number of rotatable bonds is 8. The molecule has 3 rings (SSSR count). The summed E-state index contributed by atoms with van der Waals surface area (Å²) in [6, 6.07) is 8.54. The smallest absolute Gasteiger partial charge is 0.191 e. The lowest BCUT2D eigenvalue weighted by molar-refractivity contribution is 0.684. The van der Waals surface area contributed by atoms with E-state index in [1.54, 1.807) is 0 Å². The molecular formula is C20H28BrN5. The van der Waals surface area contributed by atoms with Crippen LogP contribution in [-0.2, 0) is 18.9 Å². The third-order valence-electron chi connectivity index (χ3n) is 4.88. The van der Waals surface area contributed by atoms with Crippen LogP contribution in [-0.4, -0.2) is 35.4 Å². The highest BCUT2D eigenvalue weighted by Gasteiger charge is 2.45. The Morgan fingerprint density at radius 1 is 1.31 bits per heavy atom. The number of aliphatic imine (C=N–C) groups is 1. The molecule has 0 bridgehead atoms. The van der Waals surface area contributed by atoms with Gasteiger partial charge in [0.1, 0.15) is 0 Å². The van der Waals surface area contributed by atoms with Gasteiger partial charge in [-0.1, -0.05) is 34.1 Å². The lowest BCUT2D eigenvalue weighted by Gasteiger charge is -2.17. The van der Waals surface area contributed by atoms with Crippen molar-refractivity contribution in [1.29, 1.82) is 0 Å². The molecule has 0 saturated heterocycles. The number of aryl methyl sites for hydroxylation is 2. The Morgan fingerprint density at radius 2 is 2.12 bits per heavy atom. The van der Waals surface area contributed by atoms with Crippen molar-refractivity contribution in [2.24, 2.45) is 12.0 Å². The van der Waals surface area contributed by atoms with Gasteiger partial charge in [0, 0.05) is 36.2 Å². The summed E-state index contributed by atoms with van der Waals surface area (Å²) in [5.74, 6) is 0.914. The van der Waals surface area contributed by atoms with Gasteiger partial charge in [-0.25, -0.2) is 0 Å². The summed E-state index contributed by atoms with van der Waals surface area (Å²) >= 11 is 3.70. The normalized spacial score (nSPS) is 15.7. The summed E-state index contributed by atoms with van der Waals surface area (Å²) in [5, 5.41) is 11.0. The number of aromatic nitrogens is 2. The molecule has 1 aliphatic carbocycles. The maximum absolute atomic E-state index is 4.87. The van der Waals surface area contributed by atoms with Crippen molar-refractivity contribution in [2.45, 2.75) is 38.0 Å². The van der Waals surface area contributed by atoms with Crippen LogP contribution >= 0.6 is 15.9 Å². The van der Waals surface area contributed by atoms with E-state index < -0.39 is 0 Å². The fourth-order valence-corrected chi connectivity index (χ4v) is 3.93. The van der Waals surface area contributed by atoms with Crippen LogP contribution in [0.2, 0.25) is 0 Å². The summed E-state index contributed by atoms with van der Waals surface area (Å²) in [7, 11) is 1.95. The fraction of sp³-hybridized carbons (Fsp3) is 0.500. The maximum atomic E-state index is 4.87. The second kappa shape index (κ2) is 8.71. The second-order valence-electron chi connectivity index (χ2n) is 7.01. The Labute approximate surface area is 164 Å². The van der Waals surface area contributed by atoms with E-state index in [2.05, 4.69) is 69.0 Å². The number of benzene rings is 1. The second-order valence-corrected chi connectivity index (χ2v) is 7.86. The Kier molecular flexibility index (Phi) is 6.35. The van der Waals surface area contributed by atoms with Crippen LogP contribution in [0.1, 0.15) is 37.3 Å². The van der Waals surface area contributed by atoms with Crippen molar-refractivity contribution < 1.29 is 0 Å². The van der Waals surface area contributed by atoms with Gasteiger partial charge in [-0.2, -0.15) is 5.10 Å². The van der Waals surface area contributed by atoms with Crippen LogP contribution in [0.5, 0.6) is 0 Å². The first kappa shape index (κ1) is 19.0. The van der Waals surface area contributed by atoms with Crippen molar-refractivity contribution in [3.8, 4) is 0 Å². The van der Waals surface area contributed by atoms with Gasteiger partial charge in [-0.15, -0.1) is 0 Å². The van der Waals surface area contributed by atoms with Gasteiger partial charge in [-0.3, -0.25) is 9.67 Å². The SMILES string of the molecule is CCNC(=NCC1(c2ccccc2Br)CC1)NCCCc1cnn(C)c1. The van der Waals surface area contributed by atoms with E-state index >= 15 is 0 Å². The molecule has 0 radical (unpaired) electrons. The molecule has 0 unspecified atom stereocenters. The summed E-state index contributed by atoms with van der Waals surface area (Å²) in [5.41, 5.74) is 2.87. The molecule has 1 fully saturated rings. The number of nitrogens with one attached hydrogen (secondary N) is 2. The van der Waals surface area contributed by atoms with E-state index in [9.17, 15) is 0 Å². The first-order valence-electron chi connectivity index (χ1n) is 9.38. The van der Waals surface area contributed by atoms with Gasteiger partial charge in [0.15, 0.2) is 5.96 Å². The Bertz CT molecular complexity index is 748. The molecule has 0 amide bonds. The summed E-state index contributed by atoms with van der Waals surface area (Å²) in [6.45, 7) is 4.71. The number of guanidine groups is 1. The van der Waals surface area contributed by atoms with Crippen LogP contribution in [0.4, 0.5) is 0 Å². The molecule has 1 saturated carbocycles. The predicted octanol–water partition coefficient (Wildman–Crippen LogP) is 3.40. The number of nitrogens with zero attached hydrogens (tertiary/aromatic N) is 3. The van der Waals surface area contributed by atoms with Gasteiger partial charge in [0.25, 0.3) is 0 Å². The van der Waals surface area contributed by atoms with Crippen LogP contribution in [0.25, 0.3) is 0 Å². The molecule has 26 heavy (non-hydrogen) atoms. The van der Waals surface area contributed by atoms with Gasteiger partial charge >= 0.3 is 0 Å². The average Bonchev–Trinajstić information content (AvgIpc) is 3.31. The van der Waals surface area contributed by atoms with Crippen LogP contribution in [0, 0.1) is 0 Å². The van der Waals surface area contributed by atoms with E-state index in [1.807, 2.05) is 17.9 Å². The standard InChI is InChI=1S/C20H28BrN5/c1-3-22-19(23-12-6-7-16-13-25-26(2)14-16)24-15-20(10-11-20)17-8-4-5-9-18(17)21/h4-5,8-9,13-14H,3,6-7,10-12,15H2,1-2H3,(H2,22,23,24).